The van der Waals surface area contributed by atoms with Gasteiger partial charge in [-0.1, -0.05) is 29.8 Å². The molecule has 4 aromatic rings. The van der Waals surface area contributed by atoms with Crippen LogP contribution in [0.15, 0.2) is 54.9 Å². The van der Waals surface area contributed by atoms with Gasteiger partial charge in [0, 0.05) is 92.4 Å². The van der Waals surface area contributed by atoms with Crippen LogP contribution < -0.4 is 20.7 Å². The summed E-state index contributed by atoms with van der Waals surface area (Å²) in [4.78, 5) is 27.3. The summed E-state index contributed by atoms with van der Waals surface area (Å²) < 4.78 is 21.1. The third-order valence-electron chi connectivity index (χ3n) is 8.56. The molecule has 1 amide bonds. The van der Waals surface area contributed by atoms with E-state index in [4.69, 9.17) is 21.3 Å². The van der Waals surface area contributed by atoms with Gasteiger partial charge in [0.2, 0.25) is 11.8 Å². The monoisotopic (exact) mass is 645 g/mol. The number of amides is 1. The highest BCUT2D eigenvalue weighted by molar-refractivity contribution is 6.36. The molecule has 0 aliphatic carbocycles. The van der Waals surface area contributed by atoms with E-state index in [0.717, 1.165) is 41.9 Å². The lowest BCUT2D eigenvalue weighted by atomic mass is 9.99. The molecule has 3 aromatic heterocycles. The zero-order valence-corrected chi connectivity index (χ0v) is 26.6. The van der Waals surface area contributed by atoms with Crippen molar-refractivity contribution in [2.45, 2.75) is 38.9 Å². The molecule has 0 saturated carbocycles. The minimum Gasteiger partial charge on any atom is -0.481 e. The second-order valence-electron chi connectivity index (χ2n) is 11.8. The fourth-order valence-corrected chi connectivity index (χ4v) is 6.28. The number of nitrogens with one attached hydrogen (secondary N) is 3. The molecule has 2 aliphatic rings. The number of pyridine rings is 3. The van der Waals surface area contributed by atoms with Crippen LogP contribution >= 0.6 is 11.6 Å². The molecule has 4 N–H and O–H groups in total. The Hall–Kier alpha value is -4.16. The number of nitrogens with zero attached hydrogens (tertiary/aromatic N) is 4. The number of hydrogen-bond acceptors (Lipinski definition) is 9. The van der Waals surface area contributed by atoms with Gasteiger partial charge in [-0.25, -0.2) is 14.4 Å². The van der Waals surface area contributed by atoms with Gasteiger partial charge in [-0.2, -0.15) is 0 Å². The number of anilines is 2. The molecule has 0 radical (unpaired) electrons. The van der Waals surface area contributed by atoms with Gasteiger partial charge >= 0.3 is 0 Å². The lowest BCUT2D eigenvalue weighted by molar-refractivity contribution is -0.119. The number of methoxy groups -OCH3 is 1. The summed E-state index contributed by atoms with van der Waals surface area (Å²) >= 11 is 6.93. The molecule has 46 heavy (non-hydrogen) atoms. The molecular weight excluding hydrogens is 609 g/mol. The molecule has 12 heteroatoms. The third kappa shape index (κ3) is 6.82. The Labute approximate surface area is 272 Å². The van der Waals surface area contributed by atoms with Crippen LogP contribution in [-0.4, -0.2) is 70.3 Å². The molecule has 6 rings (SSSR count). The van der Waals surface area contributed by atoms with Crippen molar-refractivity contribution >= 4 is 29.0 Å². The quantitative estimate of drug-likeness (QED) is 0.171. The Balaban J connectivity index is 1.20. The van der Waals surface area contributed by atoms with E-state index in [1.54, 1.807) is 31.6 Å². The molecule has 0 unspecified atom stereocenters. The Morgan fingerprint density at radius 3 is 2.70 bits per heavy atom. The summed E-state index contributed by atoms with van der Waals surface area (Å²) in [5, 5.41) is 19.1. The number of aliphatic hydroxyl groups is 1. The van der Waals surface area contributed by atoms with Crippen molar-refractivity contribution in [3.63, 3.8) is 0 Å². The number of aliphatic hydroxyl groups excluding tert-OH is 1. The Bertz CT molecular complexity index is 1730. The highest BCUT2D eigenvalue weighted by Crippen LogP contribution is 2.38. The average Bonchev–Trinajstić information content (AvgIpc) is 3.46. The van der Waals surface area contributed by atoms with E-state index < -0.39 is 5.82 Å². The lowest BCUT2D eigenvalue weighted by Gasteiger charge is -2.38. The van der Waals surface area contributed by atoms with E-state index >= 15 is 4.39 Å². The molecule has 10 nitrogen and oxygen atoms in total. The fraction of sp³-hybridized carbons (Fsp3) is 0.353. The second-order valence-corrected chi connectivity index (χ2v) is 12.2. The molecule has 240 valence electrons. The van der Waals surface area contributed by atoms with Crippen LogP contribution in [0.3, 0.4) is 0 Å². The zero-order chi connectivity index (χ0) is 32.2. The van der Waals surface area contributed by atoms with Gasteiger partial charge in [-0.05, 0) is 43.2 Å². The summed E-state index contributed by atoms with van der Waals surface area (Å²) in [6, 6.07) is 13.2. The molecule has 0 spiro atoms. The number of rotatable bonds is 12. The van der Waals surface area contributed by atoms with Crippen molar-refractivity contribution in [3.05, 3.63) is 82.4 Å². The summed E-state index contributed by atoms with van der Waals surface area (Å²) in [5.74, 6) is 0.517. The van der Waals surface area contributed by atoms with E-state index in [2.05, 4.69) is 30.8 Å². The lowest BCUT2D eigenvalue weighted by Crippen LogP contribution is -2.47. The van der Waals surface area contributed by atoms with E-state index in [1.165, 1.54) is 0 Å². The maximum Gasteiger partial charge on any atom is 0.220 e. The van der Waals surface area contributed by atoms with Crippen LogP contribution in [0.1, 0.15) is 29.5 Å². The predicted octanol–water partition coefficient (Wildman–Crippen LogP) is 4.85. The molecule has 1 atom stereocenters. The van der Waals surface area contributed by atoms with Gasteiger partial charge in [0.25, 0.3) is 0 Å². The fourth-order valence-electron chi connectivity index (χ4n) is 6.02. The number of carbonyl (C=O) groups is 1. The van der Waals surface area contributed by atoms with Crippen LogP contribution in [0.5, 0.6) is 5.88 Å². The number of hydrogen-bond donors (Lipinski definition) is 4. The molecule has 5 heterocycles. The molecule has 1 aromatic carbocycles. The maximum absolute atomic E-state index is 15.5. The van der Waals surface area contributed by atoms with E-state index in [-0.39, 0.29) is 30.3 Å². The Morgan fingerprint density at radius 2 is 1.93 bits per heavy atom. The van der Waals surface area contributed by atoms with Gasteiger partial charge in [0.15, 0.2) is 11.6 Å². The Morgan fingerprint density at radius 1 is 1.11 bits per heavy atom. The average molecular weight is 646 g/mol. The van der Waals surface area contributed by atoms with Gasteiger partial charge < -0.3 is 25.8 Å². The first-order valence-electron chi connectivity index (χ1n) is 15.4. The third-order valence-corrected chi connectivity index (χ3v) is 8.97. The summed E-state index contributed by atoms with van der Waals surface area (Å²) in [5.41, 5.74) is 5.78. The Kier molecular flexibility index (Phi) is 9.74. The van der Waals surface area contributed by atoms with Gasteiger partial charge in [-0.3, -0.25) is 14.7 Å². The first-order valence-corrected chi connectivity index (χ1v) is 15.7. The van der Waals surface area contributed by atoms with Crippen molar-refractivity contribution in [3.8, 4) is 28.4 Å². The van der Waals surface area contributed by atoms with E-state index in [0.29, 0.717) is 59.5 Å². The minimum absolute atomic E-state index is 0.0908. The number of halogens is 2. The van der Waals surface area contributed by atoms with Crippen molar-refractivity contribution in [1.82, 2.24) is 30.5 Å². The van der Waals surface area contributed by atoms with Gasteiger partial charge in [-0.15, -0.1) is 0 Å². The van der Waals surface area contributed by atoms with Crippen LogP contribution in [0.4, 0.5) is 15.9 Å². The van der Waals surface area contributed by atoms with Crippen LogP contribution in [0.2, 0.25) is 5.02 Å². The largest absolute Gasteiger partial charge is 0.481 e. The number of carbonyl (C=O) groups excluding carboxylic acids is 1. The number of aromatic nitrogens is 3. The van der Waals surface area contributed by atoms with Crippen molar-refractivity contribution in [2.75, 3.05) is 38.7 Å². The van der Waals surface area contributed by atoms with Crippen molar-refractivity contribution < 1.29 is 19.0 Å². The summed E-state index contributed by atoms with van der Waals surface area (Å²) in [6.07, 6.45) is 4.70. The topological polar surface area (TPSA) is 125 Å². The van der Waals surface area contributed by atoms with E-state index in [1.807, 2.05) is 37.3 Å². The van der Waals surface area contributed by atoms with Crippen molar-refractivity contribution in [2.24, 2.45) is 5.92 Å². The van der Waals surface area contributed by atoms with E-state index in [9.17, 15) is 9.90 Å². The highest BCUT2D eigenvalue weighted by Gasteiger charge is 2.27. The maximum atomic E-state index is 15.5. The molecule has 2 saturated heterocycles. The summed E-state index contributed by atoms with van der Waals surface area (Å²) in [6.45, 7) is 5.27. The van der Waals surface area contributed by atoms with Crippen LogP contribution in [0.25, 0.3) is 22.5 Å². The van der Waals surface area contributed by atoms with Crippen LogP contribution in [-0.2, 0) is 17.9 Å². The predicted molar refractivity (Wildman–Crippen MR) is 175 cm³/mol. The normalized spacial score (nSPS) is 16.7. The first kappa shape index (κ1) is 31.8. The molecule has 0 bridgehead atoms. The zero-order valence-electron chi connectivity index (χ0n) is 25.8. The first-order chi connectivity index (χ1) is 22.3. The SMILES string of the molecule is COc1nc(-c2ccnc(-c3cccc(Nc4nccc(CN5CC(CO)C5)c4F)c3Cl)c2C)ccc1CNC[C@@H]1CCC(=O)N1. The molecule has 2 fully saturated rings. The second kappa shape index (κ2) is 14.1. The number of benzene rings is 1. The highest BCUT2D eigenvalue weighted by atomic mass is 35.5. The minimum atomic E-state index is -0.434. The van der Waals surface area contributed by atoms with Gasteiger partial charge in [0.05, 0.1) is 29.2 Å². The molecular formula is C34H37ClFN7O3. The number of ether oxygens (including phenoxy) is 1. The number of likely N-dealkylation sites (tertiary alicyclic amines) is 1. The smallest absolute Gasteiger partial charge is 0.220 e. The van der Waals surface area contributed by atoms with Crippen molar-refractivity contribution in [1.29, 1.82) is 0 Å². The molecule has 2 aliphatic heterocycles. The van der Waals surface area contributed by atoms with Crippen LogP contribution in [0, 0.1) is 18.7 Å². The van der Waals surface area contributed by atoms with Gasteiger partial charge in [0.1, 0.15) is 0 Å². The standard InChI is InChI=1S/C34H37ClFN7O3/c1-20-25(27-8-6-22(34(42-27)46-2)14-37-15-24-7-9-29(45)40-24)11-13-38-32(20)26-4-3-5-28(30(26)35)41-33-31(36)23(10-12-39-33)18-43-16-21(17-43)19-44/h3-6,8,10-13,21,24,37,44H,7,9,14-19H2,1-2H3,(H,39,41)(H,40,45)/t24-/m0/s1. The summed E-state index contributed by atoms with van der Waals surface area (Å²) in [7, 11) is 1.60.